The number of fused-ring (bicyclic) bond motifs is 3. The number of carbonyl (C=O) groups excluding carboxylic acids is 2. The first kappa shape index (κ1) is 52.1. The number of para-hydroxylation sites is 1. The van der Waals surface area contributed by atoms with E-state index in [0.717, 1.165) is 67.2 Å². The minimum Gasteiger partial charge on any atom is -0.619 e. The van der Waals surface area contributed by atoms with E-state index in [1.165, 1.54) is 77.7 Å². The van der Waals surface area contributed by atoms with Gasteiger partial charge in [0, 0.05) is 30.3 Å². The zero-order valence-electron chi connectivity index (χ0n) is 38.9. The SMILES string of the molecule is O=C(OCc1cccc(S(=O)(=O)N2CCS[C@]2(C(=O)O)[C@@H](Cc2c(Cl)c[n+]([O-])cc2Cl)c2ccc(OC(F)F)c(OCC3CC3)c2)c1)c1cccc(CN(C(=O)O[C@H]2CN3CCC2CC3)c2ccccc2F)c1. The highest BCUT2D eigenvalue weighted by atomic mass is 35.5. The Bertz CT molecular complexity index is 2980. The summed E-state index contributed by atoms with van der Waals surface area (Å²) in [4.78, 5) is 42.1. The predicted molar refractivity (Wildman–Crippen MR) is 264 cm³/mol. The number of alkyl halides is 2. The molecule has 5 fully saturated rings. The molecule has 0 spiro atoms. The van der Waals surface area contributed by atoms with Gasteiger partial charge in [-0.05, 0) is 122 Å². The Morgan fingerprint density at radius 2 is 1.63 bits per heavy atom. The van der Waals surface area contributed by atoms with Gasteiger partial charge in [0.15, 0.2) is 28.8 Å². The molecule has 1 amide bonds. The minimum absolute atomic E-state index is 0.00237. The van der Waals surface area contributed by atoms with E-state index >= 15 is 4.39 Å². The Morgan fingerprint density at radius 3 is 2.32 bits per heavy atom. The number of aromatic nitrogens is 1. The molecule has 0 unspecified atom stereocenters. The van der Waals surface area contributed by atoms with Crippen LogP contribution in [0.2, 0.25) is 10.0 Å². The summed E-state index contributed by atoms with van der Waals surface area (Å²) in [6.45, 7) is -1.43. The van der Waals surface area contributed by atoms with Crippen molar-refractivity contribution < 1.29 is 64.8 Å². The maximum atomic E-state index is 15.2. The smallest absolute Gasteiger partial charge is 0.415 e. The quantitative estimate of drug-likeness (QED) is 0.0470. The predicted octanol–water partition coefficient (Wildman–Crippen LogP) is 9.30. The van der Waals surface area contributed by atoms with Crippen LogP contribution in [-0.4, -0.2) is 96.9 Å². The van der Waals surface area contributed by atoms with Crippen molar-refractivity contribution >= 4 is 68.7 Å². The van der Waals surface area contributed by atoms with Gasteiger partial charge in [-0.2, -0.15) is 17.8 Å². The Hall–Kier alpha value is -5.77. The molecule has 4 saturated heterocycles. The summed E-state index contributed by atoms with van der Waals surface area (Å²) in [5, 5.41) is 23.3. The number of halogens is 5. The average Bonchev–Trinajstić information content (AvgIpc) is 4.09. The van der Waals surface area contributed by atoms with Crippen LogP contribution in [-0.2, 0) is 43.9 Å². The van der Waals surface area contributed by atoms with E-state index in [1.54, 1.807) is 18.2 Å². The molecule has 4 aliphatic heterocycles. The number of rotatable bonds is 19. The van der Waals surface area contributed by atoms with E-state index in [1.807, 2.05) is 0 Å². The lowest BCUT2D eigenvalue weighted by atomic mass is 9.85. The van der Waals surface area contributed by atoms with Gasteiger partial charge in [0.1, 0.15) is 28.6 Å². The number of pyridine rings is 1. The molecule has 386 valence electrons. The highest BCUT2D eigenvalue weighted by Gasteiger charge is 2.60. The van der Waals surface area contributed by atoms with Crippen LogP contribution in [0.4, 0.5) is 23.7 Å². The summed E-state index contributed by atoms with van der Waals surface area (Å²) in [5.74, 6) is -4.39. The summed E-state index contributed by atoms with van der Waals surface area (Å²) in [6, 6.07) is 21.4. The average molecular weight is 1090 g/mol. The van der Waals surface area contributed by atoms with Crippen LogP contribution in [0.15, 0.2) is 108 Å². The van der Waals surface area contributed by atoms with Gasteiger partial charge >= 0.3 is 24.6 Å². The van der Waals surface area contributed by atoms with Crippen molar-refractivity contribution in [3.63, 3.8) is 0 Å². The van der Waals surface area contributed by atoms with Gasteiger partial charge in [0.2, 0.25) is 10.0 Å². The van der Waals surface area contributed by atoms with E-state index < -0.39 is 57.9 Å². The molecular weight excluding hydrogens is 1040 g/mol. The lowest BCUT2D eigenvalue weighted by Gasteiger charge is -2.44. The number of sulfonamides is 1. The van der Waals surface area contributed by atoms with Gasteiger partial charge in [-0.3, -0.25) is 9.80 Å². The summed E-state index contributed by atoms with van der Waals surface area (Å²) >= 11 is 13.9. The van der Waals surface area contributed by atoms with Gasteiger partial charge < -0.3 is 29.3 Å². The third kappa shape index (κ3) is 11.5. The Kier molecular flexibility index (Phi) is 15.7. The Morgan fingerprint density at radius 1 is 0.904 bits per heavy atom. The van der Waals surface area contributed by atoms with Crippen LogP contribution in [0.3, 0.4) is 0 Å². The zero-order valence-corrected chi connectivity index (χ0v) is 42.1. The van der Waals surface area contributed by atoms with Gasteiger partial charge in [0.05, 0.1) is 29.3 Å². The molecule has 10 rings (SSSR count). The third-order valence-electron chi connectivity index (χ3n) is 13.6. The highest BCUT2D eigenvalue weighted by Crippen LogP contribution is 2.52. The Labute approximate surface area is 433 Å². The number of hydrogen-bond acceptors (Lipinski definition) is 12. The van der Waals surface area contributed by atoms with Crippen LogP contribution in [0.25, 0.3) is 0 Å². The van der Waals surface area contributed by atoms with Crippen LogP contribution < -0.4 is 19.1 Å². The standard InChI is InChI=1S/C51H49Cl2F3N4O11S2/c52-40-26-58(65)27-41(53)38(40)24-39(35-13-14-44(70-49(55)56)45(23-35)68-29-31-11-12-31)51(48(62)63)60(19-20-72-51)73(66,67)37-8-4-6-33(22-37)30-69-47(61)36-7-3-5-32(21-36)25-59(43-10-2-1-9-42(43)54)50(64)71-46-28-57-17-15-34(46)16-18-57/h1-10,13-14,21-23,26-27,31,34,39,46,49H,11-12,15-20,24-25,28-30H2,(H,62,63)/t39-,46-,51-/m0/s1. The lowest BCUT2D eigenvalue weighted by molar-refractivity contribution is -0.605. The van der Waals surface area contributed by atoms with E-state index in [9.17, 15) is 41.9 Å². The van der Waals surface area contributed by atoms with Crippen molar-refractivity contribution in [2.75, 3.05) is 43.4 Å². The lowest BCUT2D eigenvalue weighted by Crippen LogP contribution is -2.55. The molecule has 5 aliphatic rings. The molecule has 4 aromatic carbocycles. The number of carboxylic acids is 1. The van der Waals surface area contributed by atoms with E-state index in [0.29, 0.717) is 16.8 Å². The summed E-state index contributed by atoms with van der Waals surface area (Å²) < 4.78 is 95.9. The molecule has 0 radical (unpaired) electrons. The molecule has 1 saturated carbocycles. The molecule has 5 aromatic rings. The minimum atomic E-state index is -4.74. The number of amides is 1. The van der Waals surface area contributed by atoms with Gasteiger partial charge in [-0.25, -0.2) is 27.2 Å². The van der Waals surface area contributed by atoms with Crippen molar-refractivity contribution in [3.8, 4) is 11.5 Å². The third-order valence-corrected chi connectivity index (χ3v) is 17.7. The first-order valence-corrected chi connectivity index (χ1v) is 26.7. The van der Waals surface area contributed by atoms with Crippen LogP contribution >= 0.6 is 35.0 Å². The van der Waals surface area contributed by atoms with Crippen molar-refractivity contribution in [2.45, 2.75) is 73.7 Å². The zero-order chi connectivity index (χ0) is 51.6. The molecule has 3 atom stereocenters. The topological polar surface area (TPSA) is 179 Å². The van der Waals surface area contributed by atoms with Crippen LogP contribution in [0.5, 0.6) is 11.5 Å². The number of anilines is 1. The van der Waals surface area contributed by atoms with E-state index in [4.69, 9.17) is 42.1 Å². The molecule has 1 N–H and O–H groups in total. The van der Waals surface area contributed by atoms with Crippen molar-refractivity contribution in [2.24, 2.45) is 11.8 Å². The largest absolute Gasteiger partial charge is 0.619 e. The molecule has 1 aliphatic carbocycles. The molecular formula is C51H49Cl2F3N4O11S2. The molecule has 73 heavy (non-hydrogen) atoms. The normalized spacial score (nSPS) is 21.2. The van der Waals surface area contributed by atoms with Crippen molar-refractivity contribution in [1.29, 1.82) is 0 Å². The fraction of sp³-hybridized carbons (Fsp3) is 0.373. The highest BCUT2D eigenvalue weighted by molar-refractivity contribution is 8.02. The van der Waals surface area contributed by atoms with E-state index in [-0.39, 0.29) is 104 Å². The van der Waals surface area contributed by atoms with Gasteiger partial charge in [-0.15, -0.1) is 11.8 Å². The first-order chi connectivity index (χ1) is 35.0. The Balaban J connectivity index is 0.965. The van der Waals surface area contributed by atoms with Crippen molar-refractivity contribution in [3.05, 3.63) is 152 Å². The maximum Gasteiger partial charge on any atom is 0.415 e. The van der Waals surface area contributed by atoms with Gasteiger partial charge in [-0.1, -0.05) is 65.7 Å². The van der Waals surface area contributed by atoms with Crippen LogP contribution in [0.1, 0.15) is 64.2 Å². The molecule has 1 aromatic heterocycles. The second-order valence-corrected chi connectivity index (χ2v) is 22.3. The fourth-order valence-corrected chi connectivity index (χ4v) is 13.9. The molecule has 15 nitrogen and oxygen atoms in total. The number of esters is 1. The number of carboxylic acid groups (broad SMARTS) is 1. The maximum absolute atomic E-state index is 15.2. The second kappa shape index (κ2) is 22.0. The number of thioether (sulfide) groups is 1. The van der Waals surface area contributed by atoms with E-state index in [2.05, 4.69) is 4.90 Å². The number of piperidine rings is 3. The number of hydrogen-bond donors (Lipinski definition) is 1. The number of carbonyl (C=O) groups is 3. The number of benzene rings is 4. The number of ether oxygens (including phenoxy) is 4. The monoisotopic (exact) mass is 1080 g/mol. The summed E-state index contributed by atoms with van der Waals surface area (Å²) in [7, 11) is -4.74. The molecule has 22 heteroatoms. The second-order valence-electron chi connectivity index (χ2n) is 18.3. The summed E-state index contributed by atoms with van der Waals surface area (Å²) in [6.07, 6.45) is 4.15. The van der Waals surface area contributed by atoms with Crippen molar-refractivity contribution in [1.82, 2.24) is 9.21 Å². The first-order valence-electron chi connectivity index (χ1n) is 23.5. The van der Waals surface area contributed by atoms with Crippen LogP contribution in [0, 0.1) is 22.9 Å². The fourth-order valence-electron chi connectivity index (χ4n) is 9.65. The molecule has 5 heterocycles. The van der Waals surface area contributed by atoms with Gasteiger partial charge in [0.25, 0.3) is 0 Å². The summed E-state index contributed by atoms with van der Waals surface area (Å²) in [5.41, 5.74) is 1.07. The number of aliphatic carboxylic acids is 1. The number of nitrogens with zero attached hydrogens (tertiary/aromatic N) is 4. The molecule has 2 bridgehead atoms.